The molecule has 2 fully saturated rings. The monoisotopic (exact) mass is 425 g/mol. The third kappa shape index (κ3) is 4.35. The molecule has 3 aliphatic rings. The molecular weight excluding hydrogens is 394 g/mol. The number of hydrogen-bond donors (Lipinski definition) is 0. The van der Waals surface area contributed by atoms with Crippen LogP contribution < -0.4 is 0 Å². The molecule has 0 aromatic carbocycles. The average Bonchev–Trinajstić information content (AvgIpc) is 3.08. The quantitative estimate of drug-likeness (QED) is 0.677. The zero-order valence-corrected chi connectivity index (χ0v) is 18.0. The number of likely N-dealkylation sites (tertiary alicyclic amines) is 1. The van der Waals surface area contributed by atoms with E-state index < -0.39 is 10.2 Å². The summed E-state index contributed by atoms with van der Waals surface area (Å²) in [5, 5.41) is 4.63. The molecule has 1 amide bonds. The van der Waals surface area contributed by atoms with Gasteiger partial charge in [0.25, 0.3) is 10.2 Å². The van der Waals surface area contributed by atoms with E-state index in [1.165, 1.54) is 10.7 Å². The third-order valence-corrected chi connectivity index (χ3v) is 8.18. The first-order valence-electron chi connectivity index (χ1n) is 10.6. The van der Waals surface area contributed by atoms with Gasteiger partial charge in [-0.2, -0.15) is 22.1 Å². The van der Waals surface area contributed by atoms with Crippen molar-refractivity contribution in [1.82, 2.24) is 23.3 Å². The van der Waals surface area contributed by atoms with Gasteiger partial charge in [0.05, 0.1) is 18.9 Å². The molecule has 10 heteroatoms. The number of fused-ring (bicyclic) bond motifs is 1. The number of aromatic nitrogens is 2. The first kappa shape index (κ1) is 20.8. The highest BCUT2D eigenvalue weighted by atomic mass is 32.2. The summed E-state index contributed by atoms with van der Waals surface area (Å²) in [6, 6.07) is 0. The lowest BCUT2D eigenvalue weighted by atomic mass is 10.0. The van der Waals surface area contributed by atoms with Gasteiger partial charge < -0.3 is 9.64 Å². The molecule has 0 saturated carbocycles. The van der Waals surface area contributed by atoms with Crippen molar-refractivity contribution in [2.45, 2.75) is 45.1 Å². The normalized spacial score (nSPS) is 21.9. The van der Waals surface area contributed by atoms with Gasteiger partial charge >= 0.3 is 0 Å². The molecule has 3 aliphatic heterocycles. The molecule has 0 N–H and O–H groups in total. The number of piperidine rings is 1. The van der Waals surface area contributed by atoms with Crippen molar-refractivity contribution in [1.29, 1.82) is 0 Å². The van der Waals surface area contributed by atoms with Gasteiger partial charge in [0, 0.05) is 76.8 Å². The minimum absolute atomic E-state index is 0.178. The van der Waals surface area contributed by atoms with Crippen LogP contribution in [0.1, 0.15) is 42.6 Å². The van der Waals surface area contributed by atoms with Gasteiger partial charge in [0.1, 0.15) is 0 Å². The fraction of sp³-hybridized carbons (Fsp3) is 0.789. The highest BCUT2D eigenvalue weighted by Crippen LogP contribution is 2.26. The SMILES string of the molecule is Cn1nc(CCC(=O)N2CCCCC2)c2c1CCN(S(=O)(=O)N1CCOCC1)C2. The van der Waals surface area contributed by atoms with E-state index in [2.05, 4.69) is 5.10 Å². The van der Waals surface area contributed by atoms with Gasteiger partial charge in [-0.3, -0.25) is 9.48 Å². The van der Waals surface area contributed by atoms with Crippen molar-refractivity contribution in [3.63, 3.8) is 0 Å². The molecular formula is C19H31N5O4S. The van der Waals surface area contributed by atoms with E-state index in [-0.39, 0.29) is 5.91 Å². The number of hydrogen-bond acceptors (Lipinski definition) is 5. The fourth-order valence-corrected chi connectivity index (χ4v) is 6.06. The van der Waals surface area contributed by atoms with Crippen LogP contribution in [0.3, 0.4) is 0 Å². The van der Waals surface area contributed by atoms with Crippen LogP contribution in [0.2, 0.25) is 0 Å². The summed E-state index contributed by atoms with van der Waals surface area (Å²) in [7, 11) is -1.61. The Kier molecular flexibility index (Phi) is 6.24. The number of carbonyl (C=O) groups is 1. The van der Waals surface area contributed by atoms with Gasteiger partial charge in [-0.05, 0) is 19.3 Å². The van der Waals surface area contributed by atoms with Crippen LogP contribution in [-0.4, -0.2) is 83.6 Å². The van der Waals surface area contributed by atoms with E-state index in [0.29, 0.717) is 58.7 Å². The largest absolute Gasteiger partial charge is 0.379 e. The molecule has 4 rings (SSSR count). The van der Waals surface area contributed by atoms with E-state index in [9.17, 15) is 13.2 Å². The number of nitrogens with zero attached hydrogens (tertiary/aromatic N) is 5. The van der Waals surface area contributed by atoms with Crippen LogP contribution in [0.4, 0.5) is 0 Å². The minimum atomic E-state index is -3.51. The molecule has 0 bridgehead atoms. The van der Waals surface area contributed by atoms with Gasteiger partial charge in [-0.25, -0.2) is 0 Å². The molecule has 1 aromatic heterocycles. The van der Waals surface area contributed by atoms with Gasteiger partial charge in [-0.15, -0.1) is 0 Å². The summed E-state index contributed by atoms with van der Waals surface area (Å²) < 4.78 is 36.3. The van der Waals surface area contributed by atoms with Crippen LogP contribution in [0.25, 0.3) is 0 Å². The topological polar surface area (TPSA) is 88.0 Å². The zero-order valence-electron chi connectivity index (χ0n) is 17.2. The Hall–Kier alpha value is -1.49. The highest BCUT2D eigenvalue weighted by Gasteiger charge is 2.35. The number of ether oxygens (including phenoxy) is 1. The Morgan fingerprint density at radius 3 is 2.48 bits per heavy atom. The van der Waals surface area contributed by atoms with Crippen LogP contribution in [0.15, 0.2) is 0 Å². The maximum atomic E-state index is 13.0. The average molecular weight is 426 g/mol. The van der Waals surface area contributed by atoms with Gasteiger partial charge in [0.15, 0.2) is 0 Å². The van der Waals surface area contributed by atoms with Crippen molar-refractivity contribution in [2.24, 2.45) is 7.05 Å². The maximum Gasteiger partial charge on any atom is 0.282 e. The fourth-order valence-electron chi connectivity index (χ4n) is 4.51. The van der Waals surface area contributed by atoms with Crippen LogP contribution in [0.5, 0.6) is 0 Å². The molecule has 0 radical (unpaired) electrons. The number of aryl methyl sites for hydroxylation is 2. The van der Waals surface area contributed by atoms with E-state index in [1.807, 2.05) is 16.6 Å². The van der Waals surface area contributed by atoms with E-state index in [4.69, 9.17) is 4.74 Å². The van der Waals surface area contributed by atoms with Crippen LogP contribution in [-0.2, 0) is 46.2 Å². The Morgan fingerprint density at radius 2 is 1.76 bits per heavy atom. The smallest absolute Gasteiger partial charge is 0.282 e. The Bertz CT molecular complexity index is 841. The number of carbonyl (C=O) groups excluding carboxylic acids is 1. The van der Waals surface area contributed by atoms with Crippen molar-refractivity contribution < 1.29 is 17.9 Å². The number of rotatable bonds is 5. The summed E-state index contributed by atoms with van der Waals surface area (Å²) in [5.74, 6) is 0.178. The van der Waals surface area contributed by atoms with Crippen molar-refractivity contribution in [3.8, 4) is 0 Å². The molecule has 0 atom stereocenters. The standard InChI is InChI=1S/C19H31N5O4S/c1-21-18-7-10-24(29(26,27)23-11-13-28-14-12-23)15-16(18)17(20-21)5-6-19(25)22-8-3-2-4-9-22/h2-15H2,1H3. The van der Waals surface area contributed by atoms with E-state index in [0.717, 1.165) is 42.9 Å². The second-order valence-electron chi connectivity index (χ2n) is 8.04. The Balaban J connectivity index is 1.45. The van der Waals surface area contributed by atoms with E-state index >= 15 is 0 Å². The maximum absolute atomic E-state index is 13.0. The molecule has 0 unspecified atom stereocenters. The lowest BCUT2D eigenvalue weighted by Crippen LogP contribution is -2.49. The van der Waals surface area contributed by atoms with Crippen molar-refractivity contribution in [3.05, 3.63) is 17.0 Å². The second kappa shape index (κ2) is 8.71. The van der Waals surface area contributed by atoms with Crippen molar-refractivity contribution >= 4 is 16.1 Å². The molecule has 9 nitrogen and oxygen atoms in total. The lowest BCUT2D eigenvalue weighted by molar-refractivity contribution is -0.132. The summed E-state index contributed by atoms with van der Waals surface area (Å²) >= 11 is 0. The van der Waals surface area contributed by atoms with Gasteiger partial charge in [0.2, 0.25) is 5.91 Å². The molecule has 29 heavy (non-hydrogen) atoms. The predicted molar refractivity (Wildman–Crippen MR) is 107 cm³/mol. The zero-order chi connectivity index (χ0) is 20.4. The highest BCUT2D eigenvalue weighted by molar-refractivity contribution is 7.86. The second-order valence-corrected chi connectivity index (χ2v) is 9.97. The number of amides is 1. The first-order chi connectivity index (χ1) is 14.0. The van der Waals surface area contributed by atoms with Crippen LogP contribution in [0, 0.1) is 0 Å². The van der Waals surface area contributed by atoms with Crippen LogP contribution >= 0.6 is 0 Å². The molecule has 162 valence electrons. The minimum Gasteiger partial charge on any atom is -0.379 e. The Morgan fingerprint density at radius 1 is 1.03 bits per heavy atom. The van der Waals surface area contributed by atoms with E-state index in [1.54, 1.807) is 4.31 Å². The Labute approximate surface area is 172 Å². The van der Waals surface area contributed by atoms with Gasteiger partial charge in [-0.1, -0.05) is 0 Å². The summed E-state index contributed by atoms with van der Waals surface area (Å²) in [6.45, 7) is 4.17. The molecule has 1 aromatic rings. The van der Waals surface area contributed by atoms with Crippen molar-refractivity contribution in [2.75, 3.05) is 45.9 Å². The molecule has 0 spiro atoms. The summed E-state index contributed by atoms with van der Waals surface area (Å²) in [6.07, 6.45) is 5.00. The first-order valence-corrected chi connectivity index (χ1v) is 12.0. The predicted octanol–water partition coefficient (Wildman–Crippen LogP) is 0.300. The molecule has 4 heterocycles. The molecule has 2 saturated heterocycles. The number of morpholine rings is 1. The summed E-state index contributed by atoms with van der Waals surface area (Å²) in [5.41, 5.74) is 2.91. The molecule has 0 aliphatic carbocycles. The summed E-state index contributed by atoms with van der Waals surface area (Å²) in [4.78, 5) is 14.5. The lowest BCUT2D eigenvalue weighted by Gasteiger charge is -2.34. The third-order valence-electron chi connectivity index (χ3n) is 6.20.